The van der Waals surface area contributed by atoms with Crippen molar-refractivity contribution in [1.82, 2.24) is 5.32 Å². The number of urea groups is 1. The molecule has 0 bridgehead atoms. The first-order valence-electron chi connectivity index (χ1n) is 6.18. The molecule has 1 N–H and O–H groups in total. The predicted octanol–water partition coefficient (Wildman–Crippen LogP) is 2.64. The van der Waals surface area contributed by atoms with Gasteiger partial charge in [-0.3, -0.25) is 4.90 Å². The molecule has 1 atom stereocenters. The lowest BCUT2D eigenvalue weighted by molar-refractivity contribution is 0.176. The van der Waals surface area contributed by atoms with Crippen molar-refractivity contribution in [2.45, 2.75) is 26.8 Å². The molecule has 98 valence electrons. The Labute approximate surface area is 108 Å². The topological polar surface area (TPSA) is 41.6 Å². The zero-order valence-corrected chi connectivity index (χ0v) is 11.4. The average molecular weight is 248 g/mol. The number of nitrogens with one attached hydrogen (secondary N) is 1. The van der Waals surface area contributed by atoms with E-state index >= 15 is 0 Å². The normalized spacial score (nSPS) is 18.9. The van der Waals surface area contributed by atoms with Gasteiger partial charge in [0, 0.05) is 7.05 Å². The van der Waals surface area contributed by atoms with Crippen molar-refractivity contribution in [2.24, 2.45) is 5.41 Å². The molecule has 1 aromatic rings. The van der Waals surface area contributed by atoms with E-state index in [2.05, 4.69) is 26.1 Å². The molecule has 0 saturated carbocycles. The van der Waals surface area contributed by atoms with Gasteiger partial charge < -0.3 is 10.1 Å². The molecule has 0 radical (unpaired) electrons. The van der Waals surface area contributed by atoms with Gasteiger partial charge in [0.05, 0.1) is 11.7 Å². The molecule has 1 aromatic carbocycles. The van der Waals surface area contributed by atoms with Gasteiger partial charge in [0.2, 0.25) is 0 Å². The van der Waals surface area contributed by atoms with Crippen LogP contribution in [0.2, 0.25) is 0 Å². The van der Waals surface area contributed by atoms with Crippen LogP contribution in [0.3, 0.4) is 0 Å². The minimum atomic E-state index is -0.0920. The Hall–Kier alpha value is -1.71. The quantitative estimate of drug-likeness (QED) is 0.767. The van der Waals surface area contributed by atoms with Crippen molar-refractivity contribution in [3.05, 3.63) is 24.3 Å². The Bertz CT molecular complexity index is 451. The van der Waals surface area contributed by atoms with E-state index in [4.69, 9.17) is 4.74 Å². The van der Waals surface area contributed by atoms with E-state index in [1.54, 1.807) is 11.9 Å². The molecule has 1 aliphatic rings. The molecule has 0 aromatic heterocycles. The molecular weight excluding hydrogens is 228 g/mol. The van der Waals surface area contributed by atoms with Crippen LogP contribution in [-0.2, 0) is 0 Å². The molecule has 0 saturated heterocycles. The third-order valence-electron chi connectivity index (χ3n) is 3.27. The van der Waals surface area contributed by atoms with Gasteiger partial charge in [-0.25, -0.2) is 4.79 Å². The summed E-state index contributed by atoms with van der Waals surface area (Å²) in [6.45, 7) is 6.87. The van der Waals surface area contributed by atoms with Crippen molar-refractivity contribution < 1.29 is 9.53 Å². The van der Waals surface area contributed by atoms with Gasteiger partial charge in [0.15, 0.2) is 0 Å². The Kier molecular flexibility index (Phi) is 3.20. The highest BCUT2D eigenvalue weighted by Crippen LogP contribution is 2.38. The first-order chi connectivity index (χ1) is 8.45. The minimum Gasteiger partial charge on any atom is -0.489 e. The Morgan fingerprint density at radius 1 is 1.39 bits per heavy atom. The van der Waals surface area contributed by atoms with Gasteiger partial charge in [-0.2, -0.15) is 0 Å². The van der Waals surface area contributed by atoms with Crippen molar-refractivity contribution in [1.29, 1.82) is 0 Å². The van der Waals surface area contributed by atoms with Crippen molar-refractivity contribution in [3.8, 4) is 5.75 Å². The van der Waals surface area contributed by atoms with E-state index in [-0.39, 0.29) is 17.5 Å². The van der Waals surface area contributed by atoms with E-state index in [9.17, 15) is 4.79 Å². The highest BCUT2D eigenvalue weighted by atomic mass is 16.5. The number of para-hydroxylation sites is 2. The SMILES string of the molecule is CNC(=O)N1c2ccccc2OCC1C(C)(C)C. The van der Waals surface area contributed by atoms with Gasteiger partial charge in [-0.1, -0.05) is 32.9 Å². The summed E-state index contributed by atoms with van der Waals surface area (Å²) < 4.78 is 5.77. The minimum absolute atomic E-state index is 0.0207. The van der Waals surface area contributed by atoms with E-state index in [0.717, 1.165) is 11.4 Å². The molecule has 18 heavy (non-hydrogen) atoms. The second-order valence-electron chi connectivity index (χ2n) is 5.59. The number of ether oxygens (including phenoxy) is 1. The number of amides is 2. The van der Waals surface area contributed by atoms with Gasteiger partial charge in [-0.15, -0.1) is 0 Å². The average Bonchev–Trinajstić information content (AvgIpc) is 2.35. The van der Waals surface area contributed by atoms with E-state index in [0.29, 0.717) is 6.61 Å². The summed E-state index contributed by atoms with van der Waals surface area (Å²) in [6, 6.07) is 7.58. The van der Waals surface area contributed by atoms with Crippen LogP contribution in [0.1, 0.15) is 20.8 Å². The number of anilines is 1. The van der Waals surface area contributed by atoms with Crippen molar-refractivity contribution >= 4 is 11.7 Å². The molecule has 4 nitrogen and oxygen atoms in total. The van der Waals surface area contributed by atoms with E-state index < -0.39 is 0 Å². The molecule has 1 heterocycles. The van der Waals surface area contributed by atoms with Crippen LogP contribution in [0.15, 0.2) is 24.3 Å². The maximum Gasteiger partial charge on any atom is 0.322 e. The van der Waals surface area contributed by atoms with Crippen LogP contribution >= 0.6 is 0 Å². The van der Waals surface area contributed by atoms with E-state index in [1.165, 1.54) is 0 Å². The zero-order valence-electron chi connectivity index (χ0n) is 11.4. The van der Waals surface area contributed by atoms with Gasteiger partial charge in [0.25, 0.3) is 0 Å². The Morgan fingerprint density at radius 3 is 2.67 bits per heavy atom. The third kappa shape index (κ3) is 2.15. The van der Waals surface area contributed by atoms with Crippen LogP contribution in [0, 0.1) is 5.41 Å². The van der Waals surface area contributed by atoms with Crippen LogP contribution < -0.4 is 15.0 Å². The third-order valence-corrected chi connectivity index (χ3v) is 3.27. The monoisotopic (exact) mass is 248 g/mol. The Balaban J connectivity index is 2.46. The molecular formula is C14H20N2O2. The summed E-state index contributed by atoms with van der Waals surface area (Å²) in [4.78, 5) is 14.0. The highest BCUT2D eigenvalue weighted by Gasteiger charge is 2.38. The molecule has 1 aliphatic heterocycles. The molecule has 4 heteroatoms. The maximum absolute atomic E-state index is 12.1. The molecule has 2 amide bonds. The summed E-state index contributed by atoms with van der Waals surface area (Å²) in [5.41, 5.74) is 0.795. The van der Waals surface area contributed by atoms with E-state index in [1.807, 2.05) is 24.3 Å². The number of hydrogen-bond acceptors (Lipinski definition) is 2. The van der Waals surface area contributed by atoms with Crippen LogP contribution in [0.4, 0.5) is 10.5 Å². The summed E-state index contributed by atoms with van der Waals surface area (Å²) in [7, 11) is 1.65. The zero-order chi connectivity index (χ0) is 13.3. The summed E-state index contributed by atoms with van der Waals surface area (Å²) >= 11 is 0. The highest BCUT2D eigenvalue weighted by molar-refractivity contribution is 5.94. The molecule has 1 unspecified atom stereocenters. The second kappa shape index (κ2) is 4.52. The fourth-order valence-corrected chi connectivity index (χ4v) is 2.20. The molecule has 0 spiro atoms. The number of rotatable bonds is 0. The second-order valence-corrected chi connectivity index (χ2v) is 5.59. The smallest absolute Gasteiger partial charge is 0.322 e. The largest absolute Gasteiger partial charge is 0.489 e. The number of carbonyl (C=O) groups excluding carboxylic acids is 1. The number of benzene rings is 1. The standard InChI is InChI=1S/C14H20N2O2/c1-14(2,3)12-9-18-11-8-6-5-7-10(11)16(12)13(17)15-4/h5-8,12H,9H2,1-4H3,(H,15,17). The summed E-state index contributed by atoms with van der Waals surface area (Å²) in [6.07, 6.45) is 0. The number of carbonyl (C=O) groups is 1. The lowest BCUT2D eigenvalue weighted by Gasteiger charge is -2.43. The van der Waals surface area contributed by atoms with Gasteiger partial charge >= 0.3 is 6.03 Å². The molecule has 0 fully saturated rings. The van der Waals surface area contributed by atoms with Crippen LogP contribution in [0.25, 0.3) is 0 Å². The predicted molar refractivity (Wildman–Crippen MR) is 72.1 cm³/mol. The fourth-order valence-electron chi connectivity index (χ4n) is 2.20. The van der Waals surface area contributed by atoms with Gasteiger partial charge in [-0.05, 0) is 17.5 Å². The number of hydrogen-bond donors (Lipinski definition) is 1. The first-order valence-corrected chi connectivity index (χ1v) is 6.18. The van der Waals surface area contributed by atoms with Crippen molar-refractivity contribution in [2.75, 3.05) is 18.6 Å². The lowest BCUT2D eigenvalue weighted by Crippen LogP contribution is -2.55. The molecule has 0 aliphatic carbocycles. The van der Waals surface area contributed by atoms with Crippen LogP contribution in [-0.4, -0.2) is 25.7 Å². The van der Waals surface area contributed by atoms with Crippen molar-refractivity contribution in [3.63, 3.8) is 0 Å². The number of fused-ring (bicyclic) bond motifs is 1. The summed E-state index contributed by atoms with van der Waals surface area (Å²) in [5.74, 6) is 0.765. The first kappa shape index (κ1) is 12.7. The fraction of sp³-hybridized carbons (Fsp3) is 0.500. The van der Waals surface area contributed by atoms with Gasteiger partial charge in [0.1, 0.15) is 12.4 Å². The number of nitrogens with zero attached hydrogens (tertiary/aromatic N) is 1. The Morgan fingerprint density at radius 2 is 2.06 bits per heavy atom. The van der Waals surface area contributed by atoms with Crippen LogP contribution in [0.5, 0.6) is 5.75 Å². The molecule has 2 rings (SSSR count). The lowest BCUT2D eigenvalue weighted by atomic mass is 9.85. The maximum atomic E-state index is 12.1. The summed E-state index contributed by atoms with van der Waals surface area (Å²) in [5, 5.41) is 2.71.